The van der Waals surface area contributed by atoms with Crippen molar-refractivity contribution in [1.82, 2.24) is 40.5 Å². The van der Waals surface area contributed by atoms with Crippen molar-refractivity contribution in [2.75, 3.05) is 118 Å². The Labute approximate surface area is 483 Å². The van der Waals surface area contributed by atoms with Gasteiger partial charge in [0.2, 0.25) is 20.0 Å². The third kappa shape index (κ3) is 19.0. The van der Waals surface area contributed by atoms with E-state index in [1.54, 1.807) is 48.5 Å². The van der Waals surface area contributed by atoms with E-state index in [-0.39, 0.29) is 124 Å². The van der Waals surface area contributed by atoms with Crippen LogP contribution >= 0.6 is 0 Å². The molecule has 0 bridgehead atoms. The molecule has 4 aliphatic rings. The molecular formula is C58H84N10O12S2. The zero-order valence-corrected chi connectivity index (χ0v) is 48.5. The summed E-state index contributed by atoms with van der Waals surface area (Å²) in [6.45, 7) is 7.15. The lowest BCUT2D eigenvalue weighted by atomic mass is 10.0. The van der Waals surface area contributed by atoms with E-state index in [1.807, 2.05) is 24.3 Å². The van der Waals surface area contributed by atoms with Gasteiger partial charge in [-0.1, -0.05) is 48.5 Å². The van der Waals surface area contributed by atoms with Gasteiger partial charge in [0.05, 0.1) is 74.7 Å². The summed E-state index contributed by atoms with van der Waals surface area (Å²) in [4.78, 5) is 29.4. The van der Waals surface area contributed by atoms with E-state index in [0.717, 1.165) is 75.8 Å². The van der Waals surface area contributed by atoms with Crippen LogP contribution in [0.4, 0.5) is 9.59 Å². The van der Waals surface area contributed by atoms with Crippen LogP contribution in [0.25, 0.3) is 0 Å². The molecule has 22 nitrogen and oxygen atoms in total. The predicted molar refractivity (Wildman–Crippen MR) is 311 cm³/mol. The molecule has 0 aromatic heterocycles. The van der Waals surface area contributed by atoms with Crippen molar-refractivity contribution >= 4 is 32.1 Å². The maximum atomic E-state index is 13.0. The number of ether oxygens (including phenoxy) is 6. The molecule has 24 heteroatoms. The van der Waals surface area contributed by atoms with Gasteiger partial charge in [-0.3, -0.25) is 9.80 Å². The number of hydrogen-bond acceptors (Lipinski definition) is 16. The lowest BCUT2D eigenvalue weighted by Crippen LogP contribution is -2.49. The maximum Gasteiger partial charge on any atom is 0.314 e. The van der Waals surface area contributed by atoms with Gasteiger partial charge in [-0.25, -0.2) is 35.9 Å². The van der Waals surface area contributed by atoms with Gasteiger partial charge in [-0.15, -0.1) is 0 Å². The Kier molecular flexibility index (Phi) is 24.4. The van der Waals surface area contributed by atoms with Gasteiger partial charge in [0.15, 0.2) is 0 Å². The molecule has 6 atom stereocenters. The van der Waals surface area contributed by atoms with Crippen LogP contribution in [-0.2, 0) is 51.8 Å². The minimum Gasteiger partial charge on any atom is -0.484 e. The Hall–Kier alpha value is -5.48. The molecule has 4 aromatic rings. The fourth-order valence-electron chi connectivity index (χ4n) is 10.9. The Balaban J connectivity index is 0.569. The van der Waals surface area contributed by atoms with Crippen molar-refractivity contribution in [2.24, 2.45) is 11.5 Å². The molecule has 4 amide bonds. The molecule has 2 saturated heterocycles. The van der Waals surface area contributed by atoms with Gasteiger partial charge in [0.25, 0.3) is 0 Å². The first kappa shape index (κ1) is 62.6. The number of piperidine rings is 2. The Morgan fingerprint density at radius 2 is 0.841 bits per heavy atom. The van der Waals surface area contributed by atoms with Gasteiger partial charge in [0.1, 0.15) is 23.7 Å². The number of hydrogen-bond donors (Lipinski definition) is 8. The number of rotatable bonds is 33. The molecule has 82 heavy (non-hydrogen) atoms. The minimum absolute atomic E-state index is 0.0857. The van der Waals surface area contributed by atoms with E-state index in [1.165, 1.54) is 11.1 Å². The summed E-state index contributed by atoms with van der Waals surface area (Å²) in [6.07, 6.45) is 6.90. The van der Waals surface area contributed by atoms with E-state index in [9.17, 15) is 26.4 Å². The summed E-state index contributed by atoms with van der Waals surface area (Å²) in [5.41, 5.74) is 17.5. The number of unbranched alkanes of at least 4 members (excludes halogenated alkanes) is 1. The van der Waals surface area contributed by atoms with Crippen LogP contribution in [0.15, 0.2) is 107 Å². The van der Waals surface area contributed by atoms with Crippen LogP contribution in [0, 0.1) is 0 Å². The number of carbonyl (C=O) groups excluding carboxylic acids is 2. The lowest BCUT2D eigenvalue weighted by molar-refractivity contribution is 0.0516. The Morgan fingerprint density at radius 1 is 0.476 bits per heavy atom. The molecule has 8 rings (SSSR count). The third-order valence-corrected chi connectivity index (χ3v) is 18.0. The van der Waals surface area contributed by atoms with Crippen LogP contribution in [0.1, 0.15) is 73.0 Å². The molecule has 450 valence electrons. The molecule has 0 unspecified atom stereocenters. The second-order valence-electron chi connectivity index (χ2n) is 21.1. The zero-order valence-electron chi connectivity index (χ0n) is 46.9. The second kappa shape index (κ2) is 32.0. The second-order valence-corrected chi connectivity index (χ2v) is 24.6. The molecule has 4 aromatic carbocycles. The molecule has 2 fully saturated rings. The van der Waals surface area contributed by atoms with Gasteiger partial charge in [-0.05, 0) is 135 Å². The number of sulfonamides is 2. The van der Waals surface area contributed by atoms with Crippen molar-refractivity contribution in [1.29, 1.82) is 0 Å². The molecule has 2 aliphatic carbocycles. The number of nitrogens with zero attached hydrogens (tertiary/aromatic N) is 2. The number of likely N-dealkylation sites (tertiary alicyclic amines) is 2. The molecule has 0 radical (unpaired) electrons. The topological polar surface area (TPSA) is 288 Å². The molecule has 0 saturated carbocycles. The predicted octanol–water partition coefficient (Wildman–Crippen LogP) is 3.32. The van der Waals surface area contributed by atoms with Crippen molar-refractivity contribution in [2.45, 2.75) is 97.5 Å². The maximum absolute atomic E-state index is 13.0. The smallest absolute Gasteiger partial charge is 0.314 e. The lowest BCUT2D eigenvalue weighted by Gasteiger charge is -2.38. The highest BCUT2D eigenvalue weighted by atomic mass is 32.2. The first-order chi connectivity index (χ1) is 39.8. The fraction of sp³-hybridized carbons (Fsp3) is 0.552. The van der Waals surface area contributed by atoms with Gasteiger partial charge < -0.3 is 61.2 Å². The summed E-state index contributed by atoms with van der Waals surface area (Å²) < 4.78 is 92.3. The number of carbonyl (C=O) groups is 2. The SMILES string of the molecule is N[C@@H]1CCCN([C@H]2Cc3ccccc3[C@@H]2Oc2ccc(S(=O)(=O)NCCOCCOCCNC(=O)NCCCCNC(=O)NCCOCCOCCNS(=O)(=O)c3ccc(O[C@H]4c5ccccc5C[C@@H]4N4CCC[C@@H](N)C4)cc3)cc2)C1. The number of urea groups is 2. The van der Waals surface area contributed by atoms with Crippen LogP contribution in [-0.4, -0.2) is 181 Å². The largest absolute Gasteiger partial charge is 0.484 e. The van der Waals surface area contributed by atoms with Crippen LogP contribution in [0.5, 0.6) is 11.5 Å². The van der Waals surface area contributed by atoms with E-state index in [0.29, 0.717) is 50.5 Å². The molecule has 2 aliphatic heterocycles. The number of benzene rings is 4. The Bertz CT molecular complexity index is 2650. The number of nitrogens with two attached hydrogens (primary N) is 2. The van der Waals surface area contributed by atoms with Gasteiger partial charge in [0, 0.05) is 64.4 Å². The summed E-state index contributed by atoms with van der Waals surface area (Å²) in [7, 11) is -7.53. The normalized spacial score (nSPS) is 21.1. The number of amides is 4. The van der Waals surface area contributed by atoms with Crippen LogP contribution < -0.4 is 51.7 Å². The van der Waals surface area contributed by atoms with Crippen molar-refractivity contribution in [3.05, 3.63) is 119 Å². The number of nitrogens with one attached hydrogen (secondary N) is 6. The third-order valence-electron chi connectivity index (χ3n) is 15.1. The zero-order chi connectivity index (χ0) is 57.6. The van der Waals surface area contributed by atoms with Crippen molar-refractivity contribution in [3.63, 3.8) is 0 Å². The molecular weight excluding hydrogens is 1090 g/mol. The molecule has 10 N–H and O–H groups in total. The van der Waals surface area contributed by atoms with Gasteiger partial charge in [-0.2, -0.15) is 0 Å². The van der Waals surface area contributed by atoms with E-state index < -0.39 is 20.0 Å². The highest BCUT2D eigenvalue weighted by Gasteiger charge is 2.41. The highest BCUT2D eigenvalue weighted by Crippen LogP contribution is 2.40. The monoisotopic (exact) mass is 1180 g/mol. The Morgan fingerprint density at radius 3 is 1.23 bits per heavy atom. The molecule has 0 spiro atoms. The van der Waals surface area contributed by atoms with Crippen LogP contribution in [0.3, 0.4) is 0 Å². The van der Waals surface area contributed by atoms with Crippen molar-refractivity contribution in [3.8, 4) is 11.5 Å². The quantitative estimate of drug-likeness (QED) is 0.0318. The van der Waals surface area contributed by atoms with Crippen LogP contribution in [0.2, 0.25) is 0 Å². The van der Waals surface area contributed by atoms with Crippen molar-refractivity contribution < 1.29 is 54.8 Å². The fourth-order valence-corrected chi connectivity index (χ4v) is 13.0. The first-order valence-electron chi connectivity index (χ1n) is 28.8. The summed E-state index contributed by atoms with van der Waals surface area (Å²) in [6, 6.07) is 29.6. The average molecular weight is 1180 g/mol. The molecule has 2 heterocycles. The van der Waals surface area contributed by atoms with Gasteiger partial charge >= 0.3 is 12.1 Å². The summed E-state index contributed by atoms with van der Waals surface area (Å²) >= 11 is 0. The first-order valence-corrected chi connectivity index (χ1v) is 31.8. The highest BCUT2D eigenvalue weighted by molar-refractivity contribution is 7.89. The summed E-state index contributed by atoms with van der Waals surface area (Å²) in [5, 5.41) is 11.0. The van der Waals surface area contributed by atoms with E-state index >= 15 is 0 Å². The minimum atomic E-state index is -3.76. The van der Waals surface area contributed by atoms with E-state index in [2.05, 4.69) is 64.8 Å². The number of fused-ring (bicyclic) bond motifs is 2. The van der Waals surface area contributed by atoms with E-state index in [4.69, 9.17) is 39.9 Å². The summed E-state index contributed by atoms with van der Waals surface area (Å²) in [5.74, 6) is 1.20. The standard InChI is InChI=1S/C58H84N10O12S2/c59-45-11-7-29-67(41-45)53-39-43-9-1-3-13-51(43)55(53)79-47-15-19-49(20-16-47)81(71,72)65-27-33-77-37-35-75-31-25-63-57(69)61-23-5-6-24-62-58(70)64-26-32-76-36-38-78-34-28-66-82(73,74)50-21-17-48(18-22-50)80-56-52-14-4-2-10-44(52)40-54(56)68-30-8-12-46(60)42-68/h1-4,9-10,13-22,45-46,53-56,65-66H,5-8,11-12,23-42,59-60H2,(H2,61,63,69)(H2,62,64,70)/t45-,46-,53+,54+,55+,56+/m1/s1. The average Bonchev–Trinajstić information content (AvgIpc) is 3.87.